The Bertz CT molecular complexity index is 266. The molecule has 0 amide bonds. The van der Waals surface area contributed by atoms with Gasteiger partial charge < -0.3 is 10.1 Å². The van der Waals surface area contributed by atoms with Gasteiger partial charge in [0.05, 0.1) is 18.1 Å². The molecular weight excluding hydrogens is 166 g/mol. The molecule has 0 aliphatic carbocycles. The smallest absolute Gasteiger partial charge is 0.150 e. The Morgan fingerprint density at radius 1 is 1.62 bits per heavy atom. The zero-order chi connectivity index (χ0) is 9.10. The second-order valence-corrected chi connectivity index (χ2v) is 3.28. The van der Waals surface area contributed by atoms with Crippen LogP contribution in [0.2, 0.25) is 0 Å². The van der Waals surface area contributed by atoms with Gasteiger partial charge in [0.1, 0.15) is 6.23 Å². The summed E-state index contributed by atoms with van der Waals surface area (Å²) in [4.78, 5) is 0. The summed E-state index contributed by atoms with van der Waals surface area (Å²) in [5, 5.41) is 7.29. The second kappa shape index (κ2) is 3.79. The first kappa shape index (κ1) is 8.56. The molecule has 1 aromatic heterocycles. The molecule has 1 unspecified atom stereocenters. The van der Waals surface area contributed by atoms with E-state index in [4.69, 9.17) is 4.74 Å². The summed E-state index contributed by atoms with van der Waals surface area (Å²) in [7, 11) is 1.89. The predicted octanol–water partition coefficient (Wildman–Crippen LogP) is 1.62. The van der Waals surface area contributed by atoms with E-state index in [9.17, 15) is 0 Å². The molecule has 13 heavy (non-hydrogen) atoms. The largest absolute Gasteiger partial charge is 0.386 e. The third-order valence-corrected chi connectivity index (χ3v) is 2.34. The second-order valence-electron chi connectivity index (χ2n) is 3.28. The summed E-state index contributed by atoms with van der Waals surface area (Å²) in [5.41, 5.74) is 1.04. The van der Waals surface area contributed by atoms with Crippen LogP contribution in [0.15, 0.2) is 12.4 Å². The van der Waals surface area contributed by atoms with Crippen LogP contribution in [0.25, 0.3) is 0 Å². The van der Waals surface area contributed by atoms with Crippen molar-refractivity contribution in [2.24, 2.45) is 0 Å². The van der Waals surface area contributed by atoms with E-state index < -0.39 is 0 Å². The average Bonchev–Trinajstić information content (AvgIpc) is 2.67. The molecule has 0 bridgehead atoms. The molecule has 72 valence electrons. The minimum absolute atomic E-state index is 0.149. The van der Waals surface area contributed by atoms with Gasteiger partial charge >= 0.3 is 0 Å². The number of rotatable bonds is 2. The van der Waals surface area contributed by atoms with Gasteiger partial charge in [-0.15, -0.1) is 0 Å². The van der Waals surface area contributed by atoms with Crippen LogP contribution in [-0.2, 0) is 4.74 Å². The zero-order valence-corrected chi connectivity index (χ0v) is 7.86. The van der Waals surface area contributed by atoms with Gasteiger partial charge in [-0.25, -0.2) is 4.68 Å². The van der Waals surface area contributed by atoms with E-state index in [0.29, 0.717) is 0 Å². The number of hydrogen-bond acceptors (Lipinski definition) is 3. The lowest BCUT2D eigenvalue weighted by molar-refractivity contribution is -0.0394. The minimum atomic E-state index is 0.149. The highest BCUT2D eigenvalue weighted by molar-refractivity contribution is 5.36. The number of hydrogen-bond donors (Lipinski definition) is 1. The topological polar surface area (TPSA) is 39.1 Å². The molecule has 0 saturated carbocycles. The third kappa shape index (κ3) is 1.83. The standard InChI is InChI=1S/C9H15N3O/c1-10-8-6-11-12(7-8)9-4-2-3-5-13-9/h6-7,9-10H,2-5H2,1H3. The molecule has 1 aliphatic rings. The molecular formula is C9H15N3O. The lowest BCUT2D eigenvalue weighted by Gasteiger charge is -2.22. The van der Waals surface area contributed by atoms with Crippen molar-refractivity contribution < 1.29 is 4.74 Å². The Kier molecular flexibility index (Phi) is 2.49. The summed E-state index contributed by atoms with van der Waals surface area (Å²) in [6.45, 7) is 0.861. The maximum absolute atomic E-state index is 5.59. The van der Waals surface area contributed by atoms with E-state index in [-0.39, 0.29) is 6.23 Å². The normalized spacial score (nSPS) is 23.0. The van der Waals surface area contributed by atoms with Gasteiger partial charge in [0.15, 0.2) is 0 Å². The summed E-state index contributed by atoms with van der Waals surface area (Å²) >= 11 is 0. The Morgan fingerprint density at radius 2 is 2.54 bits per heavy atom. The fourth-order valence-corrected chi connectivity index (χ4v) is 1.56. The van der Waals surface area contributed by atoms with Crippen molar-refractivity contribution in [2.75, 3.05) is 19.0 Å². The van der Waals surface area contributed by atoms with Crippen molar-refractivity contribution in [3.8, 4) is 0 Å². The van der Waals surface area contributed by atoms with Crippen LogP contribution in [0, 0.1) is 0 Å². The van der Waals surface area contributed by atoms with Crippen molar-refractivity contribution in [1.82, 2.24) is 9.78 Å². The molecule has 0 aromatic carbocycles. The van der Waals surface area contributed by atoms with E-state index in [1.807, 2.05) is 24.1 Å². The molecule has 2 rings (SSSR count). The molecule has 1 aromatic rings. The molecule has 2 heterocycles. The highest BCUT2D eigenvalue weighted by atomic mass is 16.5. The van der Waals surface area contributed by atoms with Gasteiger partial charge in [0.25, 0.3) is 0 Å². The van der Waals surface area contributed by atoms with Crippen molar-refractivity contribution in [1.29, 1.82) is 0 Å². The number of nitrogens with one attached hydrogen (secondary N) is 1. The fraction of sp³-hybridized carbons (Fsp3) is 0.667. The van der Waals surface area contributed by atoms with Gasteiger partial charge in [-0.05, 0) is 19.3 Å². The lowest BCUT2D eigenvalue weighted by Crippen LogP contribution is -2.18. The Balaban J connectivity index is 2.05. The molecule has 1 aliphatic heterocycles. The van der Waals surface area contributed by atoms with Crippen LogP contribution in [0.5, 0.6) is 0 Å². The molecule has 0 radical (unpaired) electrons. The maximum Gasteiger partial charge on any atom is 0.150 e. The molecule has 1 saturated heterocycles. The van der Waals surface area contributed by atoms with Crippen molar-refractivity contribution >= 4 is 5.69 Å². The minimum Gasteiger partial charge on any atom is -0.386 e. The monoisotopic (exact) mass is 181 g/mol. The molecule has 4 nitrogen and oxygen atoms in total. The Hall–Kier alpha value is -1.03. The summed E-state index contributed by atoms with van der Waals surface area (Å²) in [6.07, 6.45) is 7.44. The first-order valence-corrected chi connectivity index (χ1v) is 4.73. The van der Waals surface area contributed by atoms with E-state index in [2.05, 4.69) is 10.4 Å². The van der Waals surface area contributed by atoms with Crippen molar-refractivity contribution in [3.05, 3.63) is 12.4 Å². The third-order valence-electron chi connectivity index (χ3n) is 2.34. The number of ether oxygens (including phenoxy) is 1. The van der Waals surface area contributed by atoms with Crippen LogP contribution >= 0.6 is 0 Å². The zero-order valence-electron chi connectivity index (χ0n) is 7.86. The van der Waals surface area contributed by atoms with Gasteiger partial charge in [-0.1, -0.05) is 0 Å². The van der Waals surface area contributed by atoms with E-state index in [1.54, 1.807) is 0 Å². The first-order valence-electron chi connectivity index (χ1n) is 4.73. The number of nitrogens with zero attached hydrogens (tertiary/aromatic N) is 2. The van der Waals surface area contributed by atoms with Gasteiger partial charge in [-0.2, -0.15) is 5.10 Å². The molecule has 1 atom stereocenters. The first-order chi connectivity index (χ1) is 6.40. The number of anilines is 1. The lowest BCUT2D eigenvalue weighted by atomic mass is 10.2. The molecule has 4 heteroatoms. The Labute approximate surface area is 77.9 Å². The maximum atomic E-state index is 5.59. The van der Waals surface area contributed by atoms with Crippen LogP contribution in [0.1, 0.15) is 25.5 Å². The van der Waals surface area contributed by atoms with E-state index >= 15 is 0 Å². The van der Waals surface area contributed by atoms with Crippen LogP contribution in [0.3, 0.4) is 0 Å². The SMILES string of the molecule is CNc1cnn(C2CCCCO2)c1. The quantitative estimate of drug-likeness (QED) is 0.753. The molecule has 1 N–H and O–H groups in total. The fourth-order valence-electron chi connectivity index (χ4n) is 1.56. The van der Waals surface area contributed by atoms with E-state index in [0.717, 1.165) is 18.7 Å². The average molecular weight is 181 g/mol. The van der Waals surface area contributed by atoms with Gasteiger partial charge in [-0.3, -0.25) is 0 Å². The van der Waals surface area contributed by atoms with E-state index in [1.165, 1.54) is 12.8 Å². The summed E-state index contributed by atoms with van der Waals surface area (Å²) < 4.78 is 7.49. The highest BCUT2D eigenvalue weighted by Gasteiger charge is 2.15. The molecule has 1 fully saturated rings. The van der Waals surface area contributed by atoms with Crippen molar-refractivity contribution in [3.63, 3.8) is 0 Å². The summed E-state index contributed by atoms with van der Waals surface area (Å²) in [5.74, 6) is 0. The van der Waals surface area contributed by atoms with Gasteiger partial charge in [0, 0.05) is 13.7 Å². The van der Waals surface area contributed by atoms with Crippen LogP contribution in [0.4, 0.5) is 5.69 Å². The van der Waals surface area contributed by atoms with Crippen LogP contribution in [-0.4, -0.2) is 23.4 Å². The number of aromatic nitrogens is 2. The van der Waals surface area contributed by atoms with Crippen molar-refractivity contribution in [2.45, 2.75) is 25.5 Å². The van der Waals surface area contributed by atoms with Gasteiger partial charge in [0.2, 0.25) is 0 Å². The summed E-state index contributed by atoms with van der Waals surface area (Å²) in [6, 6.07) is 0. The highest BCUT2D eigenvalue weighted by Crippen LogP contribution is 2.22. The predicted molar refractivity (Wildman–Crippen MR) is 50.6 cm³/mol. The van der Waals surface area contributed by atoms with Crippen LogP contribution < -0.4 is 5.32 Å². The Morgan fingerprint density at radius 3 is 3.15 bits per heavy atom. The molecule has 0 spiro atoms.